The van der Waals surface area contributed by atoms with E-state index < -0.39 is 11.8 Å². The summed E-state index contributed by atoms with van der Waals surface area (Å²) in [5, 5.41) is 5.61. The number of hydrogen-bond acceptors (Lipinski definition) is 3. The summed E-state index contributed by atoms with van der Waals surface area (Å²) in [6.45, 7) is 3.83. The van der Waals surface area contributed by atoms with Crippen molar-refractivity contribution < 1.29 is 9.18 Å². The van der Waals surface area contributed by atoms with Crippen LogP contribution >= 0.6 is 11.3 Å². The molecule has 0 aliphatic carbocycles. The maximum atomic E-state index is 13.6. The molecule has 0 fully saturated rings. The summed E-state index contributed by atoms with van der Waals surface area (Å²) in [5.41, 5.74) is 2.98. The summed E-state index contributed by atoms with van der Waals surface area (Å²) < 4.78 is 14.6. The Bertz CT molecular complexity index is 860. The van der Waals surface area contributed by atoms with Gasteiger partial charge in [0.2, 0.25) is 0 Å². The third-order valence-electron chi connectivity index (χ3n) is 3.13. The molecule has 0 bridgehead atoms. The molecule has 2 N–H and O–H groups in total. The van der Waals surface area contributed by atoms with Gasteiger partial charge in [-0.25, -0.2) is 14.2 Å². The van der Waals surface area contributed by atoms with Crippen LogP contribution in [0.15, 0.2) is 36.4 Å². The molecule has 3 aromatic rings. The number of fused-ring (bicyclic) bond motifs is 1. The van der Waals surface area contributed by atoms with E-state index in [1.54, 1.807) is 12.1 Å². The highest BCUT2D eigenvalue weighted by Crippen LogP contribution is 2.26. The van der Waals surface area contributed by atoms with Crippen molar-refractivity contribution in [2.75, 3.05) is 10.6 Å². The molecule has 0 spiro atoms. The van der Waals surface area contributed by atoms with Crippen LogP contribution in [-0.2, 0) is 0 Å². The lowest BCUT2D eigenvalue weighted by molar-refractivity contribution is 0.262. The van der Waals surface area contributed by atoms with Crippen molar-refractivity contribution in [1.29, 1.82) is 0 Å². The molecule has 2 aromatic carbocycles. The lowest BCUT2D eigenvalue weighted by Crippen LogP contribution is -2.20. The van der Waals surface area contributed by atoms with E-state index in [-0.39, 0.29) is 5.69 Å². The number of urea groups is 1. The first-order chi connectivity index (χ1) is 10.5. The number of aryl methyl sites for hydroxylation is 2. The van der Waals surface area contributed by atoms with Crippen LogP contribution < -0.4 is 10.6 Å². The van der Waals surface area contributed by atoms with E-state index in [1.807, 2.05) is 32.0 Å². The predicted octanol–water partition coefficient (Wildman–Crippen LogP) is 4.70. The number of amides is 2. The van der Waals surface area contributed by atoms with Gasteiger partial charge in [-0.1, -0.05) is 23.5 Å². The minimum atomic E-state index is -0.514. The van der Waals surface area contributed by atoms with Crippen LogP contribution in [0.25, 0.3) is 10.2 Å². The molecule has 0 aliphatic heterocycles. The minimum Gasteiger partial charge on any atom is -0.305 e. The first-order valence-corrected chi connectivity index (χ1v) is 7.54. The van der Waals surface area contributed by atoms with Crippen LogP contribution in [0.1, 0.15) is 11.1 Å². The van der Waals surface area contributed by atoms with Crippen molar-refractivity contribution in [1.82, 2.24) is 4.98 Å². The van der Waals surface area contributed by atoms with Crippen molar-refractivity contribution in [3.63, 3.8) is 0 Å². The Morgan fingerprint density at radius 1 is 1.09 bits per heavy atom. The molecule has 112 valence electrons. The highest BCUT2D eigenvalue weighted by molar-refractivity contribution is 7.22. The molecule has 0 saturated heterocycles. The fourth-order valence-electron chi connectivity index (χ4n) is 2.07. The van der Waals surface area contributed by atoms with Gasteiger partial charge in [-0.3, -0.25) is 5.32 Å². The molecule has 22 heavy (non-hydrogen) atoms. The largest absolute Gasteiger partial charge is 0.325 e. The molecular weight excluding hydrogens is 301 g/mol. The van der Waals surface area contributed by atoms with E-state index in [9.17, 15) is 9.18 Å². The van der Waals surface area contributed by atoms with E-state index in [0.717, 1.165) is 21.3 Å². The zero-order chi connectivity index (χ0) is 15.7. The molecule has 0 aliphatic rings. The fraction of sp³-hybridized carbons (Fsp3) is 0.125. The zero-order valence-corrected chi connectivity index (χ0v) is 12.9. The third kappa shape index (κ3) is 3.07. The molecule has 2 amide bonds. The Morgan fingerprint density at radius 3 is 2.64 bits per heavy atom. The highest BCUT2D eigenvalue weighted by Gasteiger charge is 2.10. The van der Waals surface area contributed by atoms with Crippen LogP contribution in [0.2, 0.25) is 0 Å². The number of anilines is 2. The van der Waals surface area contributed by atoms with E-state index >= 15 is 0 Å². The number of halogens is 1. The first kappa shape index (κ1) is 14.5. The second kappa shape index (κ2) is 5.73. The van der Waals surface area contributed by atoms with Gasteiger partial charge in [0.05, 0.1) is 15.9 Å². The second-order valence-electron chi connectivity index (χ2n) is 5.05. The molecular formula is C16H14FN3OS. The molecule has 0 radical (unpaired) electrons. The van der Waals surface area contributed by atoms with Gasteiger partial charge in [0.1, 0.15) is 5.82 Å². The Labute approximate surface area is 131 Å². The number of carbonyl (C=O) groups is 1. The normalized spacial score (nSPS) is 10.7. The molecule has 4 nitrogen and oxygen atoms in total. The van der Waals surface area contributed by atoms with Gasteiger partial charge in [0.25, 0.3) is 0 Å². The van der Waals surface area contributed by atoms with Gasteiger partial charge in [0.15, 0.2) is 5.13 Å². The van der Waals surface area contributed by atoms with E-state index in [1.165, 1.54) is 17.4 Å². The van der Waals surface area contributed by atoms with Crippen LogP contribution in [0.3, 0.4) is 0 Å². The number of carbonyl (C=O) groups excluding carboxylic acids is 1. The standard InChI is InChI=1S/C16H14FN3OS/c1-9-3-5-11(17)13(7-9)18-15(21)20-16-19-12-6-4-10(2)8-14(12)22-16/h3-8H,1-2H3,(H2,18,19,20,21). The van der Waals surface area contributed by atoms with Crippen LogP contribution in [0.5, 0.6) is 0 Å². The van der Waals surface area contributed by atoms with Crippen LogP contribution in [-0.4, -0.2) is 11.0 Å². The van der Waals surface area contributed by atoms with E-state index in [4.69, 9.17) is 0 Å². The van der Waals surface area contributed by atoms with Crippen LogP contribution in [0, 0.1) is 19.7 Å². The first-order valence-electron chi connectivity index (χ1n) is 6.72. The number of thiazole rings is 1. The Morgan fingerprint density at radius 2 is 1.82 bits per heavy atom. The van der Waals surface area contributed by atoms with Gasteiger partial charge in [-0.2, -0.15) is 0 Å². The molecule has 1 heterocycles. The van der Waals surface area contributed by atoms with Crippen molar-refractivity contribution >= 4 is 38.4 Å². The smallest absolute Gasteiger partial charge is 0.305 e. The Kier molecular flexibility index (Phi) is 3.77. The topological polar surface area (TPSA) is 54.0 Å². The van der Waals surface area contributed by atoms with Gasteiger partial charge < -0.3 is 5.32 Å². The summed E-state index contributed by atoms with van der Waals surface area (Å²) in [5.74, 6) is -0.472. The monoisotopic (exact) mass is 315 g/mol. The highest BCUT2D eigenvalue weighted by atomic mass is 32.1. The Hall–Kier alpha value is -2.47. The molecule has 0 atom stereocenters. The average Bonchev–Trinajstić information content (AvgIpc) is 2.84. The lowest BCUT2D eigenvalue weighted by Gasteiger charge is -2.07. The molecule has 0 saturated carbocycles. The van der Waals surface area contributed by atoms with Gasteiger partial charge >= 0.3 is 6.03 Å². The van der Waals surface area contributed by atoms with Crippen molar-refractivity contribution in [3.05, 3.63) is 53.3 Å². The number of nitrogens with zero attached hydrogens (tertiary/aromatic N) is 1. The van der Waals surface area contributed by atoms with Gasteiger partial charge in [-0.15, -0.1) is 0 Å². The van der Waals surface area contributed by atoms with E-state index in [2.05, 4.69) is 15.6 Å². The van der Waals surface area contributed by atoms with E-state index in [0.29, 0.717) is 5.13 Å². The van der Waals surface area contributed by atoms with Crippen molar-refractivity contribution in [2.24, 2.45) is 0 Å². The predicted molar refractivity (Wildman–Crippen MR) is 88.1 cm³/mol. The maximum absolute atomic E-state index is 13.6. The van der Waals surface area contributed by atoms with Crippen LogP contribution in [0.4, 0.5) is 20.0 Å². The number of nitrogens with one attached hydrogen (secondary N) is 2. The molecule has 0 unspecified atom stereocenters. The number of benzene rings is 2. The average molecular weight is 315 g/mol. The molecule has 1 aromatic heterocycles. The molecule has 3 rings (SSSR count). The van der Waals surface area contributed by atoms with Gasteiger partial charge in [-0.05, 0) is 49.2 Å². The number of hydrogen-bond donors (Lipinski definition) is 2. The summed E-state index contributed by atoms with van der Waals surface area (Å²) >= 11 is 1.38. The number of aromatic nitrogens is 1. The lowest BCUT2D eigenvalue weighted by atomic mass is 10.2. The molecule has 6 heteroatoms. The maximum Gasteiger partial charge on any atom is 0.325 e. The van der Waals surface area contributed by atoms with Gasteiger partial charge in [0, 0.05) is 0 Å². The minimum absolute atomic E-state index is 0.148. The summed E-state index contributed by atoms with van der Waals surface area (Å²) in [7, 11) is 0. The summed E-state index contributed by atoms with van der Waals surface area (Å²) in [6, 6.07) is 9.92. The summed E-state index contributed by atoms with van der Waals surface area (Å²) in [4.78, 5) is 16.3. The second-order valence-corrected chi connectivity index (χ2v) is 6.08. The fourth-order valence-corrected chi connectivity index (χ4v) is 3.03. The zero-order valence-electron chi connectivity index (χ0n) is 12.1. The number of rotatable bonds is 2. The Balaban J connectivity index is 1.76. The third-order valence-corrected chi connectivity index (χ3v) is 4.07. The summed E-state index contributed by atoms with van der Waals surface area (Å²) in [6.07, 6.45) is 0. The van der Waals surface area contributed by atoms with Crippen molar-refractivity contribution in [3.8, 4) is 0 Å². The SMILES string of the molecule is Cc1ccc(F)c(NC(=O)Nc2nc3ccc(C)cc3s2)c1. The quantitative estimate of drug-likeness (QED) is 0.720. The van der Waals surface area contributed by atoms with Crippen molar-refractivity contribution in [2.45, 2.75) is 13.8 Å².